The van der Waals surface area contributed by atoms with Gasteiger partial charge < -0.3 is 0 Å². The second-order valence-corrected chi connectivity index (χ2v) is 10.2. The van der Waals surface area contributed by atoms with E-state index in [0.29, 0.717) is 9.45 Å². The highest BCUT2D eigenvalue weighted by Gasteiger charge is 2.06. The maximum atomic E-state index is 4.92. The Hall–Kier alpha value is 1.14. The van der Waals surface area contributed by atoms with Gasteiger partial charge in [-0.25, -0.2) is 0 Å². The van der Waals surface area contributed by atoms with Gasteiger partial charge in [0, 0.05) is 0 Å². The quantitative estimate of drug-likeness (QED) is 0.671. The van der Waals surface area contributed by atoms with Crippen LogP contribution in [0.2, 0.25) is 27.3 Å². The van der Waals surface area contributed by atoms with Crippen LogP contribution in [0, 0.1) is 0 Å². The Kier molecular flexibility index (Phi) is 8.25. The Labute approximate surface area is 90.1 Å². The Balaban J connectivity index is 4.26. The predicted octanol–water partition coefficient (Wildman–Crippen LogP) is 1.65. The molecular formula is C6H16B2S4. The maximum Gasteiger partial charge on any atom is 0.145 e. The largest absolute Gasteiger partial charge is 0.145 e. The van der Waals surface area contributed by atoms with Crippen LogP contribution in [0.15, 0.2) is 0 Å². The molecule has 0 aromatic heterocycles. The molecule has 12 heavy (non-hydrogen) atoms. The summed E-state index contributed by atoms with van der Waals surface area (Å²) in [5, 5.41) is 0. The molecule has 0 fully saturated rings. The molecule has 70 valence electrons. The first-order chi connectivity index (χ1) is 5.56. The van der Waals surface area contributed by atoms with E-state index in [2.05, 4.69) is 27.3 Å². The zero-order chi connectivity index (χ0) is 9.56. The van der Waals surface area contributed by atoms with Crippen LogP contribution in [0.1, 0.15) is 0 Å². The van der Waals surface area contributed by atoms with E-state index in [1.807, 2.05) is 8.88 Å². The van der Waals surface area contributed by atoms with Gasteiger partial charge in [0.05, 0.1) is 0 Å². The summed E-state index contributed by atoms with van der Waals surface area (Å²) in [6, 6.07) is 0. The summed E-state index contributed by atoms with van der Waals surface area (Å²) in [4.78, 5) is 0. The van der Waals surface area contributed by atoms with Crippen molar-refractivity contribution in [1.82, 2.24) is 0 Å². The minimum absolute atomic E-state index is 0.491. The van der Waals surface area contributed by atoms with E-state index in [4.69, 9.17) is 11.2 Å². The molecule has 0 spiro atoms. The van der Waals surface area contributed by atoms with Crippen LogP contribution in [0.4, 0.5) is 0 Å². The normalized spacial score (nSPS) is 9.75. The van der Waals surface area contributed by atoms with Crippen LogP contribution < -0.4 is 0 Å². The van der Waals surface area contributed by atoms with Crippen LogP contribution in [-0.2, 0) is 38.4 Å². The summed E-state index contributed by atoms with van der Waals surface area (Å²) in [5.41, 5.74) is 2.65. The van der Waals surface area contributed by atoms with Gasteiger partial charge >= 0.3 is 0 Å². The average Bonchev–Trinajstić information content (AvgIpc) is 1.84. The molecule has 0 atom stereocenters. The fourth-order valence-corrected chi connectivity index (χ4v) is 8.75. The molecule has 0 unspecified atom stereocenters. The lowest BCUT2D eigenvalue weighted by atomic mass is 9.57. The minimum atomic E-state index is 0.491. The standard InChI is InChI=1S/C6H16B2S4/c1-7(2)5-12(11-10-9)6-8(3)4/h5-6H2,1-4H3. The molecule has 0 bridgehead atoms. The smallest absolute Gasteiger partial charge is 0.136 e. The molecule has 0 nitrogen and oxygen atoms in total. The number of rotatable bonds is 4. The number of hydrogen-bond donors (Lipinski definition) is 0. The molecule has 0 aromatic carbocycles. The van der Waals surface area contributed by atoms with Gasteiger partial charge in [0.15, 0.2) is 0 Å². The Morgan fingerprint density at radius 3 is 1.75 bits per heavy atom. The lowest BCUT2D eigenvalue weighted by molar-refractivity contribution is 1.80. The summed E-state index contributed by atoms with van der Waals surface area (Å²) in [6.07, 6.45) is 0. The second kappa shape index (κ2) is 7.54. The first-order valence-corrected chi connectivity index (χ1v) is 9.36. The average molecular weight is 238 g/mol. The third-order valence-electron chi connectivity index (χ3n) is 1.16. The van der Waals surface area contributed by atoms with Crippen molar-refractivity contribution in [3.63, 3.8) is 0 Å². The second-order valence-electron chi connectivity index (χ2n) is 3.70. The van der Waals surface area contributed by atoms with Gasteiger partial charge in [-0.1, -0.05) is 27.3 Å². The van der Waals surface area contributed by atoms with Crippen LogP contribution in [0.5, 0.6) is 0 Å². The highest BCUT2D eigenvalue weighted by molar-refractivity contribution is 8.58. The van der Waals surface area contributed by atoms with Gasteiger partial charge in [0.2, 0.25) is 0 Å². The molecule has 0 aliphatic rings. The van der Waals surface area contributed by atoms with E-state index in [1.165, 1.54) is 20.2 Å². The summed E-state index contributed by atoms with van der Waals surface area (Å²) in [6.45, 7) is 10.8. The molecule has 0 heterocycles. The van der Waals surface area contributed by atoms with Crippen LogP contribution in [-0.4, -0.2) is 24.7 Å². The summed E-state index contributed by atoms with van der Waals surface area (Å²) < 4.78 is 0. The predicted molar refractivity (Wildman–Crippen MR) is 74.2 cm³/mol. The first-order valence-electron chi connectivity index (χ1n) is 4.20. The van der Waals surface area contributed by atoms with E-state index in [9.17, 15) is 0 Å². The molecule has 0 radical (unpaired) electrons. The molecule has 0 aromatic rings. The van der Waals surface area contributed by atoms with Crippen molar-refractivity contribution >= 4 is 51.8 Å². The van der Waals surface area contributed by atoms with Crippen molar-refractivity contribution in [2.45, 2.75) is 27.3 Å². The topological polar surface area (TPSA) is 0 Å². The molecule has 6 heteroatoms. The maximum absolute atomic E-state index is 4.92. The van der Waals surface area contributed by atoms with Gasteiger partial charge in [0.1, 0.15) is 13.4 Å². The summed E-state index contributed by atoms with van der Waals surface area (Å²) in [7, 11) is 3.89. The Morgan fingerprint density at radius 1 is 1.08 bits per heavy atom. The fourth-order valence-electron chi connectivity index (χ4n) is 0.906. The van der Waals surface area contributed by atoms with Crippen LogP contribution in [0.3, 0.4) is 0 Å². The van der Waals surface area contributed by atoms with E-state index < -0.39 is 0 Å². The van der Waals surface area contributed by atoms with E-state index in [-0.39, 0.29) is 0 Å². The van der Waals surface area contributed by atoms with Crippen molar-refractivity contribution in [3.8, 4) is 0 Å². The van der Waals surface area contributed by atoms with Crippen LogP contribution >= 0.6 is 0 Å². The third kappa shape index (κ3) is 7.77. The van der Waals surface area contributed by atoms with Crippen molar-refractivity contribution in [3.05, 3.63) is 0 Å². The summed E-state index contributed by atoms with van der Waals surface area (Å²) >= 11 is 4.92. The van der Waals surface area contributed by atoms with Gasteiger partial charge in [0.25, 0.3) is 0 Å². The third-order valence-corrected chi connectivity index (χ3v) is 8.78. The molecule has 0 saturated heterocycles. The molecule has 0 amide bonds. The van der Waals surface area contributed by atoms with Gasteiger partial charge in [-0.2, -0.15) is 0 Å². The SMILES string of the molecule is CB(C)CS(CB(C)C)=S=S=S. The molecular weight excluding hydrogens is 222 g/mol. The van der Waals surface area contributed by atoms with Crippen LogP contribution in [0.25, 0.3) is 0 Å². The zero-order valence-corrected chi connectivity index (χ0v) is 11.5. The molecule has 0 aliphatic heterocycles. The summed E-state index contributed by atoms with van der Waals surface area (Å²) in [5.74, 6) is 0. The van der Waals surface area contributed by atoms with Crippen molar-refractivity contribution in [2.75, 3.05) is 11.3 Å². The lowest BCUT2D eigenvalue weighted by Crippen LogP contribution is -2.21. The van der Waals surface area contributed by atoms with Crippen molar-refractivity contribution < 1.29 is 0 Å². The van der Waals surface area contributed by atoms with Gasteiger partial charge in [-0.3, -0.25) is 0 Å². The monoisotopic (exact) mass is 238 g/mol. The van der Waals surface area contributed by atoms with Crippen molar-refractivity contribution in [2.24, 2.45) is 0 Å². The lowest BCUT2D eigenvalue weighted by Gasteiger charge is -2.07. The Morgan fingerprint density at radius 2 is 1.50 bits per heavy atom. The van der Waals surface area contributed by atoms with E-state index >= 15 is 0 Å². The molecule has 0 rings (SSSR count). The van der Waals surface area contributed by atoms with Gasteiger partial charge in [-0.05, 0) is 40.3 Å². The molecule has 0 aliphatic carbocycles. The molecule has 0 saturated carbocycles. The van der Waals surface area contributed by atoms with Crippen molar-refractivity contribution in [1.29, 1.82) is 0 Å². The first kappa shape index (κ1) is 13.1. The van der Waals surface area contributed by atoms with Gasteiger partial charge in [-0.15, -0.1) is 9.45 Å². The number of hydrogen-bond acceptors (Lipinski definition) is 1. The minimum Gasteiger partial charge on any atom is -0.136 e. The molecule has 0 N–H and O–H groups in total. The van der Waals surface area contributed by atoms with E-state index in [0.717, 1.165) is 13.4 Å². The van der Waals surface area contributed by atoms with E-state index in [1.54, 1.807) is 0 Å². The fraction of sp³-hybridized carbons (Fsp3) is 1.00. The highest BCUT2D eigenvalue weighted by atomic mass is 33.2. The Bertz CT molecular complexity index is 202. The zero-order valence-electron chi connectivity index (χ0n) is 8.20. The highest BCUT2D eigenvalue weighted by Crippen LogP contribution is 1.93.